The van der Waals surface area contributed by atoms with Gasteiger partial charge in [0.1, 0.15) is 17.1 Å². The highest BCUT2D eigenvalue weighted by atomic mass is 16.5. The maximum atomic E-state index is 13.8. The summed E-state index contributed by atoms with van der Waals surface area (Å²) in [5.74, 6) is 0.144. The second kappa shape index (κ2) is 9.46. The highest BCUT2D eigenvalue weighted by Gasteiger charge is 2.43. The topological polar surface area (TPSA) is 112 Å². The molecule has 0 fully saturated rings. The Kier molecular flexibility index (Phi) is 6.17. The van der Waals surface area contributed by atoms with Crippen molar-refractivity contribution in [2.24, 2.45) is 5.73 Å². The number of carbonyl (C=O) groups is 2. The van der Waals surface area contributed by atoms with Gasteiger partial charge in [0.05, 0.1) is 23.6 Å². The first-order chi connectivity index (χ1) is 17.8. The number of anilines is 1. The number of benzene rings is 3. The number of fused-ring (bicyclic) bond motifs is 2. The Bertz CT molecular complexity index is 1570. The van der Waals surface area contributed by atoms with E-state index in [1.807, 2.05) is 20.8 Å². The van der Waals surface area contributed by atoms with Gasteiger partial charge in [0.2, 0.25) is 5.76 Å². The number of aryl methyl sites for hydroxylation is 2. The smallest absolute Gasteiger partial charge is 0.295 e. The van der Waals surface area contributed by atoms with Crippen LogP contribution in [0.4, 0.5) is 5.69 Å². The molecule has 37 heavy (non-hydrogen) atoms. The van der Waals surface area contributed by atoms with Crippen LogP contribution in [0.5, 0.6) is 11.5 Å². The van der Waals surface area contributed by atoms with Crippen LogP contribution in [0.25, 0.3) is 11.0 Å². The minimum Gasteiger partial charge on any atom is -0.494 e. The van der Waals surface area contributed by atoms with E-state index in [9.17, 15) is 14.4 Å². The summed E-state index contributed by atoms with van der Waals surface area (Å²) >= 11 is 0. The summed E-state index contributed by atoms with van der Waals surface area (Å²) in [5, 5.41) is 0.426. The predicted molar refractivity (Wildman–Crippen MR) is 139 cm³/mol. The Morgan fingerprint density at radius 3 is 2.22 bits per heavy atom. The SMILES string of the molecule is CCOc1ccc(N2C(=O)c3oc4cc(C)c(C)cc4c(=O)c3C2c2ccc(OCC(N)=O)cc2)cc1. The summed E-state index contributed by atoms with van der Waals surface area (Å²) in [6.45, 7) is 6.02. The Morgan fingerprint density at radius 1 is 0.946 bits per heavy atom. The molecule has 1 aliphatic rings. The Balaban J connectivity index is 1.67. The molecule has 0 radical (unpaired) electrons. The van der Waals surface area contributed by atoms with E-state index < -0.39 is 17.9 Å². The molecule has 1 unspecified atom stereocenters. The van der Waals surface area contributed by atoms with Crippen LogP contribution in [0.1, 0.15) is 45.8 Å². The highest BCUT2D eigenvalue weighted by Crippen LogP contribution is 2.42. The van der Waals surface area contributed by atoms with Gasteiger partial charge < -0.3 is 19.6 Å². The molecule has 3 aromatic carbocycles. The number of nitrogens with zero attached hydrogens (tertiary/aromatic N) is 1. The van der Waals surface area contributed by atoms with Gasteiger partial charge in [-0.2, -0.15) is 0 Å². The molecule has 1 aliphatic heterocycles. The minimum atomic E-state index is -0.729. The van der Waals surface area contributed by atoms with Crippen molar-refractivity contribution in [3.63, 3.8) is 0 Å². The van der Waals surface area contributed by atoms with Crippen LogP contribution < -0.4 is 25.5 Å². The molecule has 0 saturated carbocycles. The van der Waals surface area contributed by atoms with Crippen LogP contribution in [-0.4, -0.2) is 25.0 Å². The normalized spacial score (nSPS) is 14.6. The molecule has 2 heterocycles. The van der Waals surface area contributed by atoms with Crippen molar-refractivity contribution in [3.8, 4) is 11.5 Å². The fourth-order valence-corrected chi connectivity index (χ4v) is 4.58. The van der Waals surface area contributed by atoms with Crippen LogP contribution in [0.3, 0.4) is 0 Å². The number of amides is 2. The first kappa shape index (κ1) is 24.1. The van der Waals surface area contributed by atoms with Crippen molar-refractivity contribution in [1.29, 1.82) is 0 Å². The van der Waals surface area contributed by atoms with Crippen molar-refractivity contribution < 1.29 is 23.5 Å². The third-order valence-electron chi connectivity index (χ3n) is 6.49. The highest BCUT2D eigenvalue weighted by molar-refractivity contribution is 6.10. The number of hydrogen-bond donors (Lipinski definition) is 1. The summed E-state index contributed by atoms with van der Waals surface area (Å²) in [4.78, 5) is 40.2. The minimum absolute atomic E-state index is 0.0219. The van der Waals surface area contributed by atoms with Crippen molar-refractivity contribution >= 4 is 28.5 Å². The maximum Gasteiger partial charge on any atom is 0.295 e. The number of nitrogens with two attached hydrogens (primary N) is 1. The fourth-order valence-electron chi connectivity index (χ4n) is 4.58. The predicted octanol–water partition coefficient (Wildman–Crippen LogP) is 4.42. The van der Waals surface area contributed by atoms with Crippen LogP contribution >= 0.6 is 0 Å². The van der Waals surface area contributed by atoms with Gasteiger partial charge >= 0.3 is 0 Å². The van der Waals surface area contributed by atoms with Crippen molar-refractivity contribution in [2.75, 3.05) is 18.1 Å². The zero-order valence-electron chi connectivity index (χ0n) is 20.7. The molecule has 2 N–H and O–H groups in total. The average molecular weight is 499 g/mol. The fraction of sp³-hybridized carbons (Fsp3) is 0.207. The molecular weight excluding hydrogens is 472 g/mol. The van der Waals surface area contributed by atoms with Crippen LogP contribution in [0.2, 0.25) is 0 Å². The Hall–Kier alpha value is -4.59. The van der Waals surface area contributed by atoms with Gasteiger partial charge in [-0.3, -0.25) is 19.3 Å². The molecule has 4 aromatic rings. The van der Waals surface area contributed by atoms with Crippen LogP contribution in [-0.2, 0) is 4.79 Å². The molecule has 0 aliphatic carbocycles. The van der Waals surface area contributed by atoms with E-state index in [0.29, 0.717) is 40.3 Å². The van der Waals surface area contributed by atoms with Gasteiger partial charge in [0.25, 0.3) is 11.8 Å². The average Bonchev–Trinajstić information content (AvgIpc) is 3.17. The third kappa shape index (κ3) is 4.31. The monoisotopic (exact) mass is 498 g/mol. The lowest BCUT2D eigenvalue weighted by atomic mass is 9.97. The van der Waals surface area contributed by atoms with Gasteiger partial charge in [0.15, 0.2) is 12.0 Å². The molecule has 1 atom stereocenters. The summed E-state index contributed by atoms with van der Waals surface area (Å²) in [7, 11) is 0. The van der Waals surface area contributed by atoms with Gasteiger partial charge in [-0.25, -0.2) is 0 Å². The zero-order valence-corrected chi connectivity index (χ0v) is 20.7. The Morgan fingerprint density at radius 2 is 1.57 bits per heavy atom. The second-order valence-corrected chi connectivity index (χ2v) is 8.94. The molecule has 5 rings (SSSR count). The quantitative estimate of drug-likeness (QED) is 0.404. The van der Waals surface area contributed by atoms with E-state index in [1.165, 1.54) is 0 Å². The first-order valence-corrected chi connectivity index (χ1v) is 11.9. The van der Waals surface area contributed by atoms with Gasteiger partial charge in [0, 0.05) is 5.69 Å². The molecule has 1 aromatic heterocycles. The zero-order chi connectivity index (χ0) is 26.3. The van der Waals surface area contributed by atoms with Gasteiger partial charge in [-0.05, 0) is 86.0 Å². The third-order valence-corrected chi connectivity index (χ3v) is 6.49. The summed E-state index contributed by atoms with van der Waals surface area (Å²) < 4.78 is 17.0. The number of hydrogen-bond acceptors (Lipinski definition) is 6. The molecule has 8 nitrogen and oxygen atoms in total. The molecule has 0 bridgehead atoms. The Labute approximate surface area is 213 Å². The van der Waals surface area contributed by atoms with Crippen molar-refractivity contribution in [1.82, 2.24) is 0 Å². The molecule has 0 spiro atoms. The summed E-state index contributed by atoms with van der Waals surface area (Å²) in [5.41, 5.74) is 8.78. The second-order valence-electron chi connectivity index (χ2n) is 8.94. The van der Waals surface area contributed by atoms with E-state index in [4.69, 9.17) is 19.6 Å². The van der Waals surface area contributed by atoms with Crippen molar-refractivity contribution in [2.45, 2.75) is 26.8 Å². The summed E-state index contributed by atoms with van der Waals surface area (Å²) in [6.07, 6.45) is 0. The van der Waals surface area contributed by atoms with Gasteiger partial charge in [-0.15, -0.1) is 0 Å². The number of ether oxygens (including phenoxy) is 2. The standard InChI is InChI=1S/C29H26N2O6/c1-4-35-20-11-7-19(8-12-20)31-26(18-5-9-21(10-6-18)36-15-24(30)32)25-27(33)22-13-16(2)17(3)14-23(22)37-28(25)29(31)34/h5-14,26H,4,15H2,1-3H3,(H2,30,32). The van der Waals surface area contributed by atoms with E-state index in [2.05, 4.69) is 0 Å². The lowest BCUT2D eigenvalue weighted by Gasteiger charge is -2.25. The molecule has 8 heteroatoms. The van der Waals surface area contributed by atoms with Crippen LogP contribution in [0, 0.1) is 13.8 Å². The van der Waals surface area contributed by atoms with E-state index >= 15 is 0 Å². The summed E-state index contributed by atoms with van der Waals surface area (Å²) in [6, 6.07) is 16.9. The van der Waals surface area contributed by atoms with Gasteiger partial charge in [-0.1, -0.05) is 12.1 Å². The maximum absolute atomic E-state index is 13.8. The number of rotatable bonds is 7. The van der Waals surface area contributed by atoms with E-state index in [1.54, 1.807) is 65.6 Å². The lowest BCUT2D eigenvalue weighted by Crippen LogP contribution is -2.29. The molecule has 2 amide bonds. The number of carbonyl (C=O) groups excluding carboxylic acids is 2. The van der Waals surface area contributed by atoms with E-state index in [-0.39, 0.29) is 23.4 Å². The lowest BCUT2D eigenvalue weighted by molar-refractivity contribution is -0.119. The molecular formula is C29H26N2O6. The van der Waals surface area contributed by atoms with Crippen LogP contribution in [0.15, 0.2) is 69.9 Å². The molecule has 188 valence electrons. The number of primary amides is 1. The first-order valence-electron chi connectivity index (χ1n) is 11.9. The largest absolute Gasteiger partial charge is 0.494 e. The van der Waals surface area contributed by atoms with E-state index in [0.717, 1.165) is 11.1 Å². The van der Waals surface area contributed by atoms with Crippen molar-refractivity contribution in [3.05, 3.63) is 98.9 Å². The molecule has 0 saturated heterocycles.